The van der Waals surface area contributed by atoms with Gasteiger partial charge in [-0.1, -0.05) is 35.5 Å². The summed E-state index contributed by atoms with van der Waals surface area (Å²) >= 11 is 0. The summed E-state index contributed by atoms with van der Waals surface area (Å²) in [6.07, 6.45) is 0. The van der Waals surface area contributed by atoms with E-state index in [-0.39, 0.29) is 23.7 Å². The van der Waals surface area contributed by atoms with Crippen LogP contribution in [0.4, 0.5) is 0 Å². The lowest BCUT2D eigenvalue weighted by Crippen LogP contribution is -2.45. The molecule has 2 N–H and O–H groups in total. The molecule has 0 fully saturated rings. The average Bonchev–Trinajstić information content (AvgIpc) is 2.94. The van der Waals surface area contributed by atoms with Crippen LogP contribution in [0.1, 0.15) is 31.3 Å². The van der Waals surface area contributed by atoms with E-state index < -0.39 is 5.91 Å². The maximum Gasteiger partial charge on any atom is 0.273 e. The van der Waals surface area contributed by atoms with Crippen LogP contribution < -0.4 is 10.6 Å². The van der Waals surface area contributed by atoms with E-state index in [1.807, 2.05) is 51.1 Å². The normalized spacial score (nSPS) is 11.0. The molecule has 0 radical (unpaired) electrons. The zero-order valence-corrected chi connectivity index (χ0v) is 12.8. The van der Waals surface area contributed by atoms with Gasteiger partial charge in [0.25, 0.3) is 5.91 Å². The summed E-state index contributed by atoms with van der Waals surface area (Å²) in [7, 11) is 0. The number of nitrogens with one attached hydrogen (secondary N) is 2. The smallest absolute Gasteiger partial charge is 0.273 e. The minimum Gasteiger partial charge on any atom is -0.355 e. The van der Waals surface area contributed by atoms with E-state index in [9.17, 15) is 9.59 Å². The third kappa shape index (κ3) is 4.44. The van der Waals surface area contributed by atoms with E-state index in [1.54, 1.807) is 6.07 Å². The fourth-order valence-electron chi connectivity index (χ4n) is 1.83. The number of hydrogen-bond donors (Lipinski definition) is 2. The molecule has 22 heavy (non-hydrogen) atoms. The van der Waals surface area contributed by atoms with Crippen LogP contribution >= 0.6 is 0 Å². The van der Waals surface area contributed by atoms with Crippen LogP contribution in [0.15, 0.2) is 40.9 Å². The number of aromatic nitrogens is 1. The van der Waals surface area contributed by atoms with Crippen molar-refractivity contribution in [1.82, 2.24) is 15.8 Å². The Balaban J connectivity index is 1.94. The number of amides is 2. The molecule has 0 atom stereocenters. The van der Waals surface area contributed by atoms with Crippen molar-refractivity contribution in [2.45, 2.75) is 26.3 Å². The third-order valence-electron chi connectivity index (χ3n) is 2.73. The van der Waals surface area contributed by atoms with Crippen molar-refractivity contribution in [2.75, 3.05) is 6.54 Å². The van der Waals surface area contributed by atoms with Gasteiger partial charge in [-0.3, -0.25) is 9.59 Å². The topological polar surface area (TPSA) is 84.2 Å². The average molecular weight is 301 g/mol. The van der Waals surface area contributed by atoms with Crippen molar-refractivity contribution in [2.24, 2.45) is 0 Å². The molecule has 6 heteroatoms. The molecule has 1 heterocycles. The van der Waals surface area contributed by atoms with E-state index >= 15 is 0 Å². The number of carbonyl (C=O) groups is 2. The molecule has 116 valence electrons. The number of hydrogen-bond acceptors (Lipinski definition) is 4. The molecule has 2 aromatic rings. The second-order valence-corrected chi connectivity index (χ2v) is 5.92. The summed E-state index contributed by atoms with van der Waals surface area (Å²) in [5.74, 6) is -0.201. The molecule has 0 saturated carbocycles. The molecule has 2 amide bonds. The van der Waals surface area contributed by atoms with Crippen LogP contribution in [0, 0.1) is 0 Å². The van der Waals surface area contributed by atoms with Crippen molar-refractivity contribution >= 4 is 11.8 Å². The Labute approximate surface area is 128 Å². The summed E-state index contributed by atoms with van der Waals surface area (Å²) in [5.41, 5.74) is 0.637. The molecule has 0 spiro atoms. The fraction of sp³-hybridized carbons (Fsp3) is 0.312. The van der Waals surface area contributed by atoms with Crippen LogP contribution in [0.3, 0.4) is 0 Å². The van der Waals surface area contributed by atoms with Gasteiger partial charge in [0.1, 0.15) is 0 Å². The zero-order chi connectivity index (χ0) is 16.2. The van der Waals surface area contributed by atoms with Gasteiger partial charge >= 0.3 is 0 Å². The number of carbonyl (C=O) groups excluding carboxylic acids is 2. The molecule has 0 aliphatic rings. The Hall–Kier alpha value is -2.63. The minimum atomic E-state index is -0.449. The number of rotatable bonds is 4. The summed E-state index contributed by atoms with van der Waals surface area (Å²) in [4.78, 5) is 23.6. The summed E-state index contributed by atoms with van der Waals surface area (Å²) in [6.45, 7) is 5.51. The van der Waals surface area contributed by atoms with Gasteiger partial charge in [-0.2, -0.15) is 0 Å². The first-order valence-corrected chi connectivity index (χ1v) is 6.96. The molecule has 0 bridgehead atoms. The highest BCUT2D eigenvalue weighted by atomic mass is 16.5. The molecule has 0 unspecified atom stereocenters. The minimum absolute atomic E-state index is 0.108. The summed E-state index contributed by atoms with van der Waals surface area (Å²) < 4.78 is 5.15. The molecule has 2 rings (SSSR count). The SMILES string of the molecule is CC(C)(C)NC(=O)CNC(=O)c1cc(-c2ccccc2)on1. The van der Waals surface area contributed by atoms with Gasteiger partial charge in [0, 0.05) is 17.2 Å². The first-order chi connectivity index (χ1) is 10.3. The van der Waals surface area contributed by atoms with Gasteiger partial charge in [-0.05, 0) is 20.8 Å². The Morgan fingerprint density at radius 3 is 2.50 bits per heavy atom. The first kappa shape index (κ1) is 15.8. The van der Waals surface area contributed by atoms with Crippen molar-refractivity contribution in [3.05, 3.63) is 42.1 Å². The highest BCUT2D eigenvalue weighted by molar-refractivity contribution is 5.95. The second kappa shape index (κ2) is 6.43. The standard InChI is InChI=1S/C16H19N3O3/c1-16(2,3)18-14(20)10-17-15(21)12-9-13(22-19-12)11-7-5-4-6-8-11/h4-9H,10H2,1-3H3,(H,17,21)(H,18,20). The van der Waals surface area contributed by atoms with Gasteiger partial charge in [0.15, 0.2) is 11.5 Å². The Kier molecular flexibility index (Phi) is 4.60. The molecule has 1 aromatic carbocycles. The van der Waals surface area contributed by atoms with Crippen LogP contribution in [0.25, 0.3) is 11.3 Å². The van der Waals surface area contributed by atoms with Crippen molar-refractivity contribution in [1.29, 1.82) is 0 Å². The molecule has 6 nitrogen and oxygen atoms in total. The third-order valence-corrected chi connectivity index (χ3v) is 2.73. The van der Waals surface area contributed by atoms with Gasteiger partial charge in [-0.15, -0.1) is 0 Å². The Morgan fingerprint density at radius 1 is 1.18 bits per heavy atom. The van der Waals surface area contributed by atoms with Crippen LogP contribution in [-0.2, 0) is 4.79 Å². The Morgan fingerprint density at radius 2 is 1.86 bits per heavy atom. The van der Waals surface area contributed by atoms with Crippen molar-refractivity contribution in [3.63, 3.8) is 0 Å². The van der Waals surface area contributed by atoms with Crippen molar-refractivity contribution in [3.8, 4) is 11.3 Å². The van der Waals surface area contributed by atoms with Crippen LogP contribution in [0.2, 0.25) is 0 Å². The number of nitrogens with zero attached hydrogens (tertiary/aromatic N) is 1. The lowest BCUT2D eigenvalue weighted by molar-refractivity contribution is -0.121. The van der Waals surface area contributed by atoms with Crippen molar-refractivity contribution < 1.29 is 14.1 Å². The highest BCUT2D eigenvalue weighted by Crippen LogP contribution is 2.19. The van der Waals surface area contributed by atoms with Gasteiger partial charge in [0.05, 0.1) is 6.54 Å². The van der Waals surface area contributed by atoms with E-state index in [1.165, 1.54) is 0 Å². The van der Waals surface area contributed by atoms with Crippen LogP contribution in [0.5, 0.6) is 0 Å². The maximum absolute atomic E-state index is 11.9. The predicted molar refractivity (Wildman–Crippen MR) is 82.2 cm³/mol. The first-order valence-electron chi connectivity index (χ1n) is 6.96. The van der Waals surface area contributed by atoms with Gasteiger partial charge in [0.2, 0.25) is 5.91 Å². The molecular weight excluding hydrogens is 282 g/mol. The van der Waals surface area contributed by atoms with E-state index in [4.69, 9.17) is 4.52 Å². The Bertz CT molecular complexity index is 657. The summed E-state index contributed by atoms with van der Waals surface area (Å²) in [5, 5.41) is 9.00. The molecule has 0 saturated heterocycles. The lowest BCUT2D eigenvalue weighted by Gasteiger charge is -2.20. The molecule has 1 aromatic heterocycles. The van der Waals surface area contributed by atoms with Gasteiger partial charge < -0.3 is 15.2 Å². The van der Waals surface area contributed by atoms with Crippen LogP contribution in [-0.4, -0.2) is 29.1 Å². The van der Waals surface area contributed by atoms with E-state index in [0.29, 0.717) is 5.76 Å². The van der Waals surface area contributed by atoms with Gasteiger partial charge in [-0.25, -0.2) is 0 Å². The number of benzene rings is 1. The largest absolute Gasteiger partial charge is 0.355 e. The lowest BCUT2D eigenvalue weighted by atomic mass is 10.1. The fourth-order valence-corrected chi connectivity index (χ4v) is 1.83. The summed E-state index contributed by atoms with van der Waals surface area (Å²) in [6, 6.07) is 10.9. The quantitative estimate of drug-likeness (QED) is 0.904. The second-order valence-electron chi connectivity index (χ2n) is 5.92. The molecular formula is C16H19N3O3. The highest BCUT2D eigenvalue weighted by Gasteiger charge is 2.17. The van der Waals surface area contributed by atoms with E-state index in [0.717, 1.165) is 5.56 Å². The zero-order valence-electron chi connectivity index (χ0n) is 12.8. The monoisotopic (exact) mass is 301 g/mol. The predicted octanol–water partition coefficient (Wildman–Crippen LogP) is 1.99. The molecule has 0 aliphatic carbocycles. The van der Waals surface area contributed by atoms with E-state index in [2.05, 4.69) is 15.8 Å². The molecule has 0 aliphatic heterocycles. The maximum atomic E-state index is 11.9.